The van der Waals surface area contributed by atoms with Crippen LogP contribution in [0.3, 0.4) is 0 Å². The standard InChI is InChI=1S/C23H30N4O3S/c1-14-6-7-19-18(10-14)17(15(2)24-19)11-22(28)25-21-12-20(23(3,4)5)26-27(21)16-8-9-31(29,30)13-16/h6-7,10,12,16,24H,8-9,11,13H2,1-5H3,(H,25,28)/t16-/m1/s1. The fraction of sp³-hybridized carbons (Fsp3) is 0.478. The second-order valence-electron chi connectivity index (χ2n) is 9.67. The molecule has 0 bridgehead atoms. The molecule has 0 spiro atoms. The molecule has 0 radical (unpaired) electrons. The zero-order chi connectivity index (χ0) is 22.6. The number of nitrogens with one attached hydrogen (secondary N) is 2. The minimum absolute atomic E-state index is 0.0575. The topological polar surface area (TPSA) is 96.8 Å². The molecule has 1 aromatic carbocycles. The monoisotopic (exact) mass is 442 g/mol. The van der Waals surface area contributed by atoms with Crippen molar-refractivity contribution in [3.05, 3.63) is 46.8 Å². The predicted molar refractivity (Wildman–Crippen MR) is 123 cm³/mol. The Balaban J connectivity index is 1.63. The van der Waals surface area contributed by atoms with Crippen molar-refractivity contribution >= 4 is 32.5 Å². The van der Waals surface area contributed by atoms with Crippen molar-refractivity contribution in [1.82, 2.24) is 14.8 Å². The fourth-order valence-electron chi connectivity index (χ4n) is 4.17. The molecule has 1 saturated heterocycles. The normalized spacial score (nSPS) is 18.5. The van der Waals surface area contributed by atoms with Crippen LogP contribution in [0, 0.1) is 13.8 Å². The largest absolute Gasteiger partial charge is 0.358 e. The number of hydrogen-bond acceptors (Lipinski definition) is 4. The summed E-state index contributed by atoms with van der Waals surface area (Å²) in [6.07, 6.45) is 0.742. The van der Waals surface area contributed by atoms with E-state index in [0.717, 1.165) is 33.4 Å². The van der Waals surface area contributed by atoms with E-state index in [1.165, 1.54) is 0 Å². The van der Waals surface area contributed by atoms with Gasteiger partial charge in [-0.05, 0) is 38.0 Å². The Kier molecular flexibility index (Phi) is 5.24. The summed E-state index contributed by atoms with van der Waals surface area (Å²) in [5, 5.41) is 8.75. The van der Waals surface area contributed by atoms with Crippen LogP contribution in [-0.4, -0.2) is 40.6 Å². The van der Waals surface area contributed by atoms with Gasteiger partial charge in [-0.3, -0.25) is 4.79 Å². The lowest BCUT2D eigenvalue weighted by Crippen LogP contribution is -2.21. The number of sulfone groups is 1. The molecule has 3 heterocycles. The van der Waals surface area contributed by atoms with Gasteiger partial charge < -0.3 is 10.3 Å². The van der Waals surface area contributed by atoms with E-state index < -0.39 is 9.84 Å². The van der Waals surface area contributed by atoms with Gasteiger partial charge in [-0.2, -0.15) is 5.10 Å². The first-order chi connectivity index (χ1) is 14.4. The molecule has 2 aromatic heterocycles. The van der Waals surface area contributed by atoms with Gasteiger partial charge in [-0.1, -0.05) is 32.4 Å². The summed E-state index contributed by atoms with van der Waals surface area (Å²) >= 11 is 0. The first-order valence-corrected chi connectivity index (χ1v) is 12.4. The van der Waals surface area contributed by atoms with Crippen LogP contribution in [-0.2, 0) is 26.5 Å². The van der Waals surface area contributed by atoms with E-state index in [0.29, 0.717) is 12.2 Å². The van der Waals surface area contributed by atoms with Crippen molar-refractivity contribution in [2.24, 2.45) is 0 Å². The van der Waals surface area contributed by atoms with Crippen molar-refractivity contribution in [3.8, 4) is 0 Å². The number of nitrogens with zero attached hydrogens (tertiary/aromatic N) is 2. The van der Waals surface area contributed by atoms with E-state index >= 15 is 0 Å². The van der Waals surface area contributed by atoms with Gasteiger partial charge in [0.1, 0.15) is 5.82 Å². The Bertz CT molecular complexity index is 1260. The number of carbonyl (C=O) groups is 1. The second kappa shape index (κ2) is 7.51. The molecule has 4 rings (SSSR count). The van der Waals surface area contributed by atoms with Crippen LogP contribution in [0.1, 0.15) is 55.7 Å². The van der Waals surface area contributed by atoms with Gasteiger partial charge in [0.25, 0.3) is 0 Å². The molecule has 1 atom stereocenters. The van der Waals surface area contributed by atoms with Crippen molar-refractivity contribution in [3.63, 3.8) is 0 Å². The van der Waals surface area contributed by atoms with Crippen LogP contribution in [0.25, 0.3) is 10.9 Å². The summed E-state index contributed by atoms with van der Waals surface area (Å²) in [5.41, 5.74) is 4.72. The molecule has 0 aliphatic carbocycles. The quantitative estimate of drug-likeness (QED) is 0.642. The van der Waals surface area contributed by atoms with Crippen molar-refractivity contribution in [2.75, 3.05) is 16.8 Å². The van der Waals surface area contributed by atoms with Crippen LogP contribution in [0.5, 0.6) is 0 Å². The molecule has 2 N–H and O–H groups in total. The minimum atomic E-state index is -3.07. The molecule has 1 aliphatic rings. The van der Waals surface area contributed by atoms with E-state index in [-0.39, 0.29) is 35.3 Å². The van der Waals surface area contributed by atoms with Gasteiger partial charge in [0, 0.05) is 28.1 Å². The van der Waals surface area contributed by atoms with Gasteiger partial charge in [-0.15, -0.1) is 0 Å². The molecule has 0 unspecified atom stereocenters. The van der Waals surface area contributed by atoms with Gasteiger partial charge in [0.15, 0.2) is 9.84 Å². The molecule has 0 saturated carbocycles. The molecular formula is C23H30N4O3S. The third-order valence-electron chi connectivity index (χ3n) is 5.94. The molecule has 8 heteroatoms. The molecule has 7 nitrogen and oxygen atoms in total. The van der Waals surface area contributed by atoms with Crippen LogP contribution in [0.2, 0.25) is 0 Å². The van der Waals surface area contributed by atoms with E-state index in [2.05, 4.69) is 21.5 Å². The molecule has 1 fully saturated rings. The van der Waals surface area contributed by atoms with Gasteiger partial charge in [0.2, 0.25) is 5.91 Å². The van der Waals surface area contributed by atoms with E-state index in [1.807, 2.05) is 52.8 Å². The number of anilines is 1. The van der Waals surface area contributed by atoms with Crippen molar-refractivity contribution in [1.29, 1.82) is 0 Å². The number of fused-ring (bicyclic) bond motifs is 1. The lowest BCUT2D eigenvalue weighted by molar-refractivity contribution is -0.115. The van der Waals surface area contributed by atoms with Crippen LogP contribution in [0.15, 0.2) is 24.3 Å². The Hall–Kier alpha value is -2.61. The molecule has 1 aliphatic heterocycles. The number of H-pyrrole nitrogens is 1. The first kappa shape index (κ1) is 21.6. The van der Waals surface area contributed by atoms with Crippen molar-refractivity contribution < 1.29 is 13.2 Å². The summed E-state index contributed by atoms with van der Waals surface area (Å²) < 4.78 is 25.7. The molecule has 3 aromatic rings. The highest BCUT2D eigenvalue weighted by Crippen LogP contribution is 2.31. The summed E-state index contributed by atoms with van der Waals surface area (Å²) in [4.78, 5) is 16.4. The SMILES string of the molecule is Cc1ccc2[nH]c(C)c(CC(=O)Nc3cc(C(C)(C)C)nn3[C@@H]3CCS(=O)(=O)C3)c2c1. The summed E-state index contributed by atoms with van der Waals surface area (Å²) in [7, 11) is -3.07. The third kappa shape index (κ3) is 4.39. The van der Waals surface area contributed by atoms with Crippen LogP contribution >= 0.6 is 0 Å². The van der Waals surface area contributed by atoms with Gasteiger partial charge in [0.05, 0.1) is 29.7 Å². The number of aromatic nitrogens is 3. The lowest BCUT2D eigenvalue weighted by atomic mass is 9.92. The van der Waals surface area contributed by atoms with E-state index in [9.17, 15) is 13.2 Å². The minimum Gasteiger partial charge on any atom is -0.358 e. The number of benzene rings is 1. The number of aromatic amines is 1. The Morgan fingerprint density at radius 3 is 2.65 bits per heavy atom. The number of carbonyl (C=O) groups excluding carboxylic acids is 1. The second-order valence-corrected chi connectivity index (χ2v) is 11.9. The summed E-state index contributed by atoms with van der Waals surface area (Å²) in [6, 6.07) is 7.78. The van der Waals surface area contributed by atoms with Crippen LogP contribution < -0.4 is 5.32 Å². The highest BCUT2D eigenvalue weighted by molar-refractivity contribution is 7.91. The average molecular weight is 443 g/mol. The molecule has 1 amide bonds. The smallest absolute Gasteiger partial charge is 0.230 e. The van der Waals surface area contributed by atoms with Gasteiger partial charge in [-0.25, -0.2) is 13.1 Å². The van der Waals surface area contributed by atoms with Gasteiger partial charge >= 0.3 is 0 Å². The Morgan fingerprint density at radius 1 is 1.26 bits per heavy atom. The molecule has 166 valence electrons. The molecule has 31 heavy (non-hydrogen) atoms. The third-order valence-corrected chi connectivity index (χ3v) is 7.69. The Labute approximate surface area is 183 Å². The maximum Gasteiger partial charge on any atom is 0.230 e. The lowest BCUT2D eigenvalue weighted by Gasteiger charge is -2.15. The maximum absolute atomic E-state index is 13.0. The van der Waals surface area contributed by atoms with E-state index in [4.69, 9.17) is 0 Å². The zero-order valence-electron chi connectivity index (χ0n) is 18.7. The highest BCUT2D eigenvalue weighted by atomic mass is 32.2. The highest BCUT2D eigenvalue weighted by Gasteiger charge is 2.33. The average Bonchev–Trinajstić information content (AvgIpc) is 3.31. The molecular weight excluding hydrogens is 412 g/mol. The predicted octanol–water partition coefficient (Wildman–Crippen LogP) is 3.82. The number of hydrogen-bond donors (Lipinski definition) is 2. The Morgan fingerprint density at radius 2 is 2.00 bits per heavy atom. The first-order valence-electron chi connectivity index (χ1n) is 10.6. The number of amides is 1. The maximum atomic E-state index is 13.0. The number of rotatable bonds is 4. The van der Waals surface area contributed by atoms with Crippen LogP contribution in [0.4, 0.5) is 5.82 Å². The van der Waals surface area contributed by atoms with E-state index in [1.54, 1.807) is 4.68 Å². The van der Waals surface area contributed by atoms with Crippen molar-refractivity contribution in [2.45, 2.75) is 58.9 Å². The summed E-state index contributed by atoms with van der Waals surface area (Å²) in [6.45, 7) is 10.2. The number of aryl methyl sites for hydroxylation is 2. The fourth-order valence-corrected chi connectivity index (χ4v) is 5.86. The summed E-state index contributed by atoms with van der Waals surface area (Å²) in [5.74, 6) is 0.629. The zero-order valence-corrected chi connectivity index (χ0v) is 19.6.